The predicted octanol–water partition coefficient (Wildman–Crippen LogP) is 3.70. The molecule has 3 heterocycles. The van der Waals surface area contributed by atoms with Gasteiger partial charge in [0, 0.05) is 62.1 Å². The lowest BCUT2D eigenvalue weighted by Gasteiger charge is -2.33. The zero-order chi connectivity index (χ0) is 23.2. The van der Waals surface area contributed by atoms with Crippen molar-refractivity contribution in [2.75, 3.05) is 32.8 Å². The fourth-order valence-corrected chi connectivity index (χ4v) is 6.58. The number of nitrogens with one attached hydrogen (secondary N) is 1. The molecule has 6 heteroatoms. The number of nitrogens with zero attached hydrogens (tertiary/aromatic N) is 2. The molecule has 182 valence electrons. The molecule has 2 aliphatic carbocycles. The van der Waals surface area contributed by atoms with Gasteiger partial charge in [0.05, 0.1) is 5.92 Å². The lowest BCUT2D eigenvalue weighted by atomic mass is 9.75. The first kappa shape index (κ1) is 22.1. The number of fused-ring (bicyclic) bond motifs is 3. The van der Waals surface area contributed by atoms with E-state index in [0.717, 1.165) is 56.4 Å². The Kier molecular flexibility index (Phi) is 5.88. The van der Waals surface area contributed by atoms with E-state index in [0.29, 0.717) is 19.0 Å². The highest BCUT2D eigenvalue weighted by Crippen LogP contribution is 2.39. The van der Waals surface area contributed by atoms with E-state index in [1.54, 1.807) is 0 Å². The van der Waals surface area contributed by atoms with Crippen molar-refractivity contribution in [2.45, 2.75) is 51.4 Å². The summed E-state index contributed by atoms with van der Waals surface area (Å²) in [6, 6.07) is 6.23. The Morgan fingerprint density at radius 1 is 1.06 bits per heavy atom. The third kappa shape index (κ3) is 4.15. The van der Waals surface area contributed by atoms with Gasteiger partial charge in [0.15, 0.2) is 0 Å². The molecule has 34 heavy (non-hydrogen) atoms. The molecular weight excluding hydrogens is 426 g/mol. The summed E-state index contributed by atoms with van der Waals surface area (Å²) in [5, 5.41) is 4.34. The number of hydrogen-bond acceptors (Lipinski definition) is 3. The summed E-state index contributed by atoms with van der Waals surface area (Å²) in [7, 11) is 2.17. The Hall–Kier alpha value is -2.34. The minimum atomic E-state index is -0.0730. The van der Waals surface area contributed by atoms with Gasteiger partial charge < -0.3 is 19.5 Å². The molecule has 1 saturated carbocycles. The van der Waals surface area contributed by atoms with Crippen molar-refractivity contribution < 1.29 is 14.3 Å². The largest absolute Gasteiger partial charge is 0.381 e. The van der Waals surface area contributed by atoms with E-state index in [-0.39, 0.29) is 17.7 Å². The van der Waals surface area contributed by atoms with Crippen LogP contribution < -0.4 is 5.32 Å². The number of rotatable bonds is 5. The number of carbonyl (C=O) groups excluding carboxylic acids is 2. The Morgan fingerprint density at radius 2 is 1.88 bits per heavy atom. The monoisotopic (exact) mass is 463 g/mol. The van der Waals surface area contributed by atoms with E-state index in [4.69, 9.17) is 4.74 Å². The molecule has 6 rings (SSSR count). The summed E-state index contributed by atoms with van der Waals surface area (Å²) in [5.41, 5.74) is 4.88. The summed E-state index contributed by atoms with van der Waals surface area (Å²) >= 11 is 0. The van der Waals surface area contributed by atoms with Gasteiger partial charge in [-0.3, -0.25) is 9.59 Å². The van der Waals surface area contributed by atoms with E-state index in [1.165, 1.54) is 54.3 Å². The molecule has 6 nitrogen and oxygen atoms in total. The van der Waals surface area contributed by atoms with Crippen molar-refractivity contribution in [1.29, 1.82) is 0 Å². The average molecular weight is 464 g/mol. The van der Waals surface area contributed by atoms with Gasteiger partial charge in [0.25, 0.3) is 5.91 Å². The van der Waals surface area contributed by atoms with Crippen LogP contribution in [0, 0.1) is 23.7 Å². The van der Waals surface area contributed by atoms with Crippen LogP contribution in [-0.2, 0) is 29.4 Å². The smallest absolute Gasteiger partial charge is 0.253 e. The quantitative estimate of drug-likeness (QED) is 0.736. The summed E-state index contributed by atoms with van der Waals surface area (Å²) in [6.07, 6.45) is 9.08. The molecule has 2 aromatic rings. The van der Waals surface area contributed by atoms with Crippen molar-refractivity contribution in [3.8, 4) is 0 Å². The molecule has 2 aliphatic heterocycles. The first-order valence-corrected chi connectivity index (χ1v) is 13.3. The second kappa shape index (κ2) is 9.03. The van der Waals surface area contributed by atoms with Gasteiger partial charge in [-0.25, -0.2) is 0 Å². The van der Waals surface area contributed by atoms with Crippen LogP contribution >= 0.6 is 0 Å². The molecular formula is C28H37N3O3. The van der Waals surface area contributed by atoms with Crippen LogP contribution in [0.5, 0.6) is 0 Å². The normalized spacial score (nSPS) is 25.5. The van der Waals surface area contributed by atoms with Crippen LogP contribution in [0.4, 0.5) is 0 Å². The second-order valence-corrected chi connectivity index (χ2v) is 11.1. The summed E-state index contributed by atoms with van der Waals surface area (Å²) in [4.78, 5) is 27.8. The van der Waals surface area contributed by atoms with Crippen LogP contribution in [0.3, 0.4) is 0 Å². The average Bonchev–Trinajstić information content (AvgIpc) is 3.51. The standard InChI is InChI=1S/C28H37N3O3/c1-30-25-6-4-20(19-9-12-34-13-10-19)14-23(25)24-15-21(5-7-26(24)30)28(33)31-11-8-22(17-31)27(32)29-16-18-2-3-18/h5,7,15,18-20,22H,2-4,6,8-14,16-17H2,1H3,(H,29,32). The lowest BCUT2D eigenvalue weighted by molar-refractivity contribution is -0.124. The number of ether oxygens (including phenoxy) is 1. The van der Waals surface area contributed by atoms with Gasteiger partial charge in [-0.1, -0.05) is 0 Å². The number of likely N-dealkylation sites (tertiary alicyclic amines) is 1. The van der Waals surface area contributed by atoms with Crippen LogP contribution in [0.15, 0.2) is 18.2 Å². The molecule has 0 bridgehead atoms. The predicted molar refractivity (Wildman–Crippen MR) is 132 cm³/mol. The highest BCUT2D eigenvalue weighted by Gasteiger charge is 2.34. The van der Waals surface area contributed by atoms with Gasteiger partial charge >= 0.3 is 0 Å². The molecule has 2 amide bonds. The van der Waals surface area contributed by atoms with Gasteiger partial charge in [-0.15, -0.1) is 0 Å². The van der Waals surface area contributed by atoms with Crippen LogP contribution in [0.1, 0.15) is 60.1 Å². The molecule has 1 aromatic carbocycles. The molecule has 4 aliphatic rings. The molecule has 0 radical (unpaired) electrons. The SMILES string of the molecule is Cn1c2c(c3cc(C(=O)N4CCC(C(=O)NCC5CC5)C4)ccc31)CC(C1CCOCC1)CC2. The van der Waals surface area contributed by atoms with Crippen LogP contribution in [0.25, 0.3) is 10.9 Å². The minimum Gasteiger partial charge on any atom is -0.381 e. The number of aromatic nitrogens is 1. The Morgan fingerprint density at radius 3 is 2.68 bits per heavy atom. The molecule has 1 N–H and O–H groups in total. The van der Waals surface area contributed by atoms with E-state index in [9.17, 15) is 9.59 Å². The Bertz CT molecular complexity index is 1100. The highest BCUT2D eigenvalue weighted by atomic mass is 16.5. The maximum Gasteiger partial charge on any atom is 0.253 e. The first-order valence-electron chi connectivity index (χ1n) is 13.3. The Labute approximate surface area is 202 Å². The summed E-state index contributed by atoms with van der Waals surface area (Å²) < 4.78 is 7.95. The Balaban J connectivity index is 1.19. The molecule has 2 saturated heterocycles. The minimum absolute atomic E-state index is 0.0637. The molecule has 3 fully saturated rings. The zero-order valence-corrected chi connectivity index (χ0v) is 20.4. The third-order valence-corrected chi connectivity index (χ3v) is 8.94. The number of amides is 2. The van der Waals surface area contributed by atoms with Crippen LogP contribution in [0.2, 0.25) is 0 Å². The number of hydrogen-bond donors (Lipinski definition) is 1. The van der Waals surface area contributed by atoms with Gasteiger partial charge in [0.2, 0.25) is 5.91 Å². The summed E-state index contributed by atoms with van der Waals surface area (Å²) in [5.74, 6) is 2.26. The maximum atomic E-state index is 13.4. The molecule has 2 unspecified atom stereocenters. The van der Waals surface area contributed by atoms with Crippen molar-refractivity contribution in [1.82, 2.24) is 14.8 Å². The molecule has 1 aromatic heterocycles. The number of aryl methyl sites for hydroxylation is 1. The van der Waals surface area contributed by atoms with Crippen molar-refractivity contribution in [3.05, 3.63) is 35.0 Å². The zero-order valence-electron chi connectivity index (χ0n) is 20.4. The first-order chi connectivity index (χ1) is 16.6. The molecule has 2 atom stereocenters. The lowest BCUT2D eigenvalue weighted by Crippen LogP contribution is -2.35. The fourth-order valence-electron chi connectivity index (χ4n) is 6.58. The van der Waals surface area contributed by atoms with E-state index < -0.39 is 0 Å². The topological polar surface area (TPSA) is 63.6 Å². The van der Waals surface area contributed by atoms with E-state index >= 15 is 0 Å². The number of carbonyl (C=O) groups is 2. The van der Waals surface area contributed by atoms with Crippen molar-refractivity contribution in [3.63, 3.8) is 0 Å². The third-order valence-electron chi connectivity index (χ3n) is 8.94. The van der Waals surface area contributed by atoms with E-state index in [2.05, 4.69) is 29.1 Å². The fraction of sp³-hybridized carbons (Fsp3) is 0.643. The van der Waals surface area contributed by atoms with Gasteiger partial charge in [-0.2, -0.15) is 0 Å². The maximum absolute atomic E-state index is 13.4. The van der Waals surface area contributed by atoms with E-state index in [1.807, 2.05) is 11.0 Å². The number of benzene rings is 1. The van der Waals surface area contributed by atoms with Crippen molar-refractivity contribution >= 4 is 22.7 Å². The highest BCUT2D eigenvalue weighted by molar-refractivity contribution is 6.00. The molecule has 0 spiro atoms. The second-order valence-electron chi connectivity index (χ2n) is 11.1. The van der Waals surface area contributed by atoms with Gasteiger partial charge in [0.1, 0.15) is 0 Å². The van der Waals surface area contributed by atoms with Gasteiger partial charge in [-0.05, 0) is 92.9 Å². The summed E-state index contributed by atoms with van der Waals surface area (Å²) in [6.45, 7) is 3.80. The van der Waals surface area contributed by atoms with Crippen LogP contribution in [-0.4, -0.2) is 54.1 Å². The van der Waals surface area contributed by atoms with Crippen molar-refractivity contribution in [2.24, 2.45) is 30.7 Å².